The Morgan fingerprint density at radius 3 is 2.35 bits per heavy atom. The Morgan fingerprint density at radius 2 is 1.85 bits per heavy atom. The first-order valence-electron chi connectivity index (χ1n) is 6.69. The number of nitrogens with one attached hydrogen (secondary N) is 1. The van der Waals surface area contributed by atoms with Crippen LogP contribution in [0.2, 0.25) is 0 Å². The van der Waals surface area contributed by atoms with Crippen molar-refractivity contribution in [2.24, 2.45) is 11.1 Å². The van der Waals surface area contributed by atoms with Crippen LogP contribution >= 0.6 is 0 Å². The number of nitrogens with two attached hydrogens (primary N) is 1. The lowest BCUT2D eigenvalue weighted by Crippen LogP contribution is -2.37. The molecular weight excluding hydrogens is 256 g/mol. The molecule has 0 spiro atoms. The van der Waals surface area contributed by atoms with Crippen molar-refractivity contribution in [3.05, 3.63) is 29.8 Å². The summed E-state index contributed by atoms with van der Waals surface area (Å²) >= 11 is 0. The van der Waals surface area contributed by atoms with Crippen LogP contribution in [0, 0.1) is 5.41 Å². The first-order valence-corrected chi connectivity index (χ1v) is 6.69. The van der Waals surface area contributed by atoms with E-state index in [-0.39, 0.29) is 18.4 Å². The number of hydrogen-bond acceptors (Lipinski definition) is 4. The van der Waals surface area contributed by atoms with Crippen LogP contribution in [0.4, 0.5) is 5.69 Å². The summed E-state index contributed by atoms with van der Waals surface area (Å²) in [4.78, 5) is 23.6. The van der Waals surface area contributed by atoms with Gasteiger partial charge in [-0.15, -0.1) is 0 Å². The molecule has 1 amide bonds. The molecule has 20 heavy (non-hydrogen) atoms. The number of ether oxygens (including phenoxy) is 1. The molecule has 0 bridgehead atoms. The quantitative estimate of drug-likeness (QED) is 0.781. The number of rotatable bonds is 6. The van der Waals surface area contributed by atoms with Crippen molar-refractivity contribution >= 4 is 17.6 Å². The third-order valence-electron chi connectivity index (χ3n) is 2.94. The molecule has 0 heterocycles. The Bertz CT molecular complexity index is 467. The van der Waals surface area contributed by atoms with Crippen LogP contribution < -0.4 is 11.1 Å². The Balaban J connectivity index is 2.68. The van der Waals surface area contributed by atoms with E-state index >= 15 is 0 Å². The highest BCUT2D eigenvalue weighted by Crippen LogP contribution is 2.17. The highest BCUT2D eigenvalue weighted by atomic mass is 16.5. The monoisotopic (exact) mass is 278 g/mol. The molecule has 0 radical (unpaired) electrons. The van der Waals surface area contributed by atoms with E-state index in [4.69, 9.17) is 10.5 Å². The molecule has 0 atom stereocenters. The van der Waals surface area contributed by atoms with E-state index in [0.29, 0.717) is 17.9 Å². The lowest BCUT2D eigenvalue weighted by Gasteiger charge is -2.21. The molecule has 0 saturated heterocycles. The van der Waals surface area contributed by atoms with Gasteiger partial charge in [-0.05, 0) is 44.5 Å². The van der Waals surface area contributed by atoms with Gasteiger partial charge in [-0.1, -0.05) is 6.92 Å². The fourth-order valence-corrected chi connectivity index (χ4v) is 1.36. The molecule has 0 unspecified atom stereocenters. The molecule has 5 heteroatoms. The molecular formula is C15H22N2O3. The van der Waals surface area contributed by atoms with Crippen LogP contribution in [0.15, 0.2) is 24.3 Å². The highest BCUT2D eigenvalue weighted by molar-refractivity contribution is 5.96. The van der Waals surface area contributed by atoms with Gasteiger partial charge in [-0.2, -0.15) is 0 Å². The second-order valence-corrected chi connectivity index (χ2v) is 5.26. The van der Waals surface area contributed by atoms with Crippen LogP contribution in [0.1, 0.15) is 37.6 Å². The molecule has 110 valence electrons. The third kappa shape index (κ3) is 4.35. The van der Waals surface area contributed by atoms with Crippen molar-refractivity contribution in [3.8, 4) is 0 Å². The number of hydrogen-bond donors (Lipinski definition) is 2. The van der Waals surface area contributed by atoms with Gasteiger partial charge in [0, 0.05) is 12.2 Å². The minimum Gasteiger partial charge on any atom is -0.462 e. The van der Waals surface area contributed by atoms with Crippen LogP contribution in [0.25, 0.3) is 0 Å². The standard InChI is InChI=1S/C15H22N2O3/c1-4-9-20-13(18)11-5-7-12(8-6-11)17-14(19)15(2,3)10-16/h5-8H,4,9-10,16H2,1-3H3,(H,17,19). The van der Waals surface area contributed by atoms with E-state index in [1.54, 1.807) is 38.1 Å². The maximum atomic E-state index is 11.9. The molecule has 0 aliphatic rings. The molecule has 5 nitrogen and oxygen atoms in total. The minimum absolute atomic E-state index is 0.152. The molecule has 1 rings (SSSR count). The van der Waals surface area contributed by atoms with Gasteiger partial charge in [-0.3, -0.25) is 4.79 Å². The van der Waals surface area contributed by atoms with Crippen LogP contribution in [-0.2, 0) is 9.53 Å². The summed E-state index contributed by atoms with van der Waals surface area (Å²) in [6.07, 6.45) is 0.786. The Labute approximate surface area is 119 Å². The van der Waals surface area contributed by atoms with Gasteiger partial charge in [0.2, 0.25) is 5.91 Å². The number of carbonyl (C=O) groups excluding carboxylic acids is 2. The zero-order chi connectivity index (χ0) is 15.2. The molecule has 0 aliphatic carbocycles. The van der Waals surface area contributed by atoms with Gasteiger partial charge in [0.05, 0.1) is 17.6 Å². The largest absolute Gasteiger partial charge is 0.462 e. The number of amides is 1. The van der Waals surface area contributed by atoms with Crippen molar-refractivity contribution in [1.29, 1.82) is 0 Å². The van der Waals surface area contributed by atoms with Gasteiger partial charge in [0.1, 0.15) is 0 Å². The first kappa shape index (κ1) is 16.2. The van der Waals surface area contributed by atoms with Gasteiger partial charge in [-0.25, -0.2) is 4.79 Å². The lowest BCUT2D eigenvalue weighted by atomic mass is 9.92. The Kier molecular flexibility index (Phi) is 5.70. The minimum atomic E-state index is -0.626. The van der Waals surface area contributed by atoms with Crippen molar-refractivity contribution in [3.63, 3.8) is 0 Å². The van der Waals surface area contributed by atoms with Crippen molar-refractivity contribution < 1.29 is 14.3 Å². The number of esters is 1. The highest BCUT2D eigenvalue weighted by Gasteiger charge is 2.25. The van der Waals surface area contributed by atoms with E-state index < -0.39 is 5.41 Å². The van der Waals surface area contributed by atoms with E-state index in [2.05, 4.69) is 5.32 Å². The SMILES string of the molecule is CCCOC(=O)c1ccc(NC(=O)C(C)(C)CN)cc1. The topological polar surface area (TPSA) is 81.4 Å². The Hall–Kier alpha value is -1.88. The second kappa shape index (κ2) is 7.05. The molecule has 0 aromatic heterocycles. The van der Waals surface area contributed by atoms with E-state index in [1.165, 1.54) is 0 Å². The summed E-state index contributed by atoms with van der Waals surface area (Å²) < 4.78 is 5.03. The number of carbonyl (C=O) groups is 2. The van der Waals surface area contributed by atoms with Gasteiger partial charge < -0.3 is 15.8 Å². The average Bonchev–Trinajstić information content (AvgIpc) is 2.45. The number of anilines is 1. The third-order valence-corrected chi connectivity index (χ3v) is 2.94. The van der Waals surface area contributed by atoms with Crippen molar-refractivity contribution in [2.75, 3.05) is 18.5 Å². The van der Waals surface area contributed by atoms with Crippen molar-refractivity contribution in [1.82, 2.24) is 0 Å². The predicted molar refractivity (Wildman–Crippen MR) is 78.5 cm³/mol. The average molecular weight is 278 g/mol. The number of benzene rings is 1. The summed E-state index contributed by atoms with van der Waals surface area (Å²) in [5.41, 5.74) is 6.02. The molecule has 1 aromatic carbocycles. The normalized spacial score (nSPS) is 11.0. The summed E-state index contributed by atoms with van der Waals surface area (Å²) in [5, 5.41) is 2.77. The van der Waals surface area contributed by atoms with Crippen LogP contribution in [0.5, 0.6) is 0 Å². The summed E-state index contributed by atoms with van der Waals surface area (Å²) in [5.74, 6) is -0.506. The summed E-state index contributed by atoms with van der Waals surface area (Å²) in [6, 6.07) is 6.60. The maximum absolute atomic E-state index is 11.9. The van der Waals surface area contributed by atoms with Crippen molar-refractivity contribution in [2.45, 2.75) is 27.2 Å². The first-order chi connectivity index (χ1) is 9.40. The van der Waals surface area contributed by atoms with Gasteiger partial charge in [0.15, 0.2) is 0 Å². The van der Waals surface area contributed by atoms with Crippen LogP contribution in [0.3, 0.4) is 0 Å². The zero-order valence-corrected chi connectivity index (χ0v) is 12.2. The molecule has 0 fully saturated rings. The second-order valence-electron chi connectivity index (χ2n) is 5.26. The molecule has 0 saturated carbocycles. The fourth-order valence-electron chi connectivity index (χ4n) is 1.36. The van der Waals surface area contributed by atoms with Gasteiger partial charge in [0.25, 0.3) is 0 Å². The molecule has 3 N–H and O–H groups in total. The van der Waals surface area contributed by atoms with E-state index in [9.17, 15) is 9.59 Å². The zero-order valence-electron chi connectivity index (χ0n) is 12.2. The predicted octanol–water partition coefficient (Wildman–Crippen LogP) is 2.18. The lowest BCUT2D eigenvalue weighted by molar-refractivity contribution is -0.123. The van der Waals surface area contributed by atoms with Crippen LogP contribution in [-0.4, -0.2) is 25.0 Å². The van der Waals surface area contributed by atoms with E-state index in [0.717, 1.165) is 6.42 Å². The van der Waals surface area contributed by atoms with Gasteiger partial charge >= 0.3 is 5.97 Å². The fraction of sp³-hybridized carbons (Fsp3) is 0.467. The smallest absolute Gasteiger partial charge is 0.338 e. The summed E-state index contributed by atoms with van der Waals surface area (Å²) in [6.45, 7) is 6.16. The maximum Gasteiger partial charge on any atom is 0.338 e. The molecule has 0 aliphatic heterocycles. The Morgan fingerprint density at radius 1 is 1.25 bits per heavy atom. The summed E-state index contributed by atoms with van der Waals surface area (Å²) in [7, 11) is 0. The molecule has 1 aromatic rings. The van der Waals surface area contributed by atoms with E-state index in [1.807, 2.05) is 6.92 Å².